The molecule has 2 aromatic rings. The summed E-state index contributed by atoms with van der Waals surface area (Å²) >= 11 is 0. The normalized spacial score (nSPS) is 22.5. The summed E-state index contributed by atoms with van der Waals surface area (Å²) in [5.74, 6) is 0.206. The topological polar surface area (TPSA) is 37.6 Å². The standard InChI is InChI=1S/C21H23N3O/c1-23-9-8-14-10-15(3-7-20(14)23)21(25)24(18-5-6-18)19-4-2-16-12-22-13-17(16)11-19/h3,7-10,13,18-19H,2,4-6,11-12H2,1H3. The number of amides is 1. The van der Waals surface area contributed by atoms with Gasteiger partial charge in [-0.25, -0.2) is 0 Å². The van der Waals surface area contributed by atoms with Crippen molar-refractivity contribution in [1.82, 2.24) is 9.47 Å². The van der Waals surface area contributed by atoms with E-state index in [9.17, 15) is 4.79 Å². The number of benzene rings is 1. The number of aliphatic imine (C=N–C) groups is 1. The Morgan fingerprint density at radius 1 is 1.20 bits per heavy atom. The lowest BCUT2D eigenvalue weighted by molar-refractivity contribution is 0.0645. The second-order valence-corrected chi connectivity index (χ2v) is 7.64. The molecule has 0 bridgehead atoms. The van der Waals surface area contributed by atoms with Crippen LogP contribution in [0.1, 0.15) is 42.5 Å². The van der Waals surface area contributed by atoms with E-state index in [1.165, 1.54) is 16.7 Å². The summed E-state index contributed by atoms with van der Waals surface area (Å²) in [5, 5.41) is 1.14. The number of aryl methyl sites for hydroxylation is 1. The lowest BCUT2D eigenvalue weighted by atomic mass is 9.88. The van der Waals surface area contributed by atoms with Crippen LogP contribution in [0.15, 0.2) is 46.6 Å². The molecule has 25 heavy (non-hydrogen) atoms. The lowest BCUT2D eigenvalue weighted by Gasteiger charge is -2.35. The number of aromatic nitrogens is 1. The Labute approximate surface area is 147 Å². The van der Waals surface area contributed by atoms with E-state index in [4.69, 9.17) is 0 Å². The van der Waals surface area contributed by atoms with Gasteiger partial charge in [-0.05, 0) is 67.5 Å². The predicted octanol–water partition coefficient (Wildman–Crippen LogP) is 3.72. The fraction of sp³-hybridized carbons (Fsp3) is 0.429. The number of rotatable bonds is 3. The minimum atomic E-state index is 0.206. The molecule has 3 aliphatic rings. The van der Waals surface area contributed by atoms with Gasteiger partial charge in [0.15, 0.2) is 0 Å². The van der Waals surface area contributed by atoms with Gasteiger partial charge < -0.3 is 9.47 Å². The summed E-state index contributed by atoms with van der Waals surface area (Å²) < 4.78 is 2.09. The van der Waals surface area contributed by atoms with Crippen LogP contribution in [0.5, 0.6) is 0 Å². The molecule has 2 heterocycles. The molecule has 1 atom stereocenters. The molecule has 1 aromatic heterocycles. The van der Waals surface area contributed by atoms with E-state index >= 15 is 0 Å². The van der Waals surface area contributed by atoms with Gasteiger partial charge in [-0.1, -0.05) is 0 Å². The zero-order valence-corrected chi connectivity index (χ0v) is 14.6. The number of hydrogen-bond acceptors (Lipinski definition) is 2. The maximum atomic E-state index is 13.3. The third-order valence-electron chi connectivity index (χ3n) is 5.92. The molecule has 5 rings (SSSR count). The Hall–Kier alpha value is -2.36. The van der Waals surface area contributed by atoms with Gasteiger partial charge in [-0.3, -0.25) is 9.79 Å². The first-order valence-corrected chi connectivity index (χ1v) is 9.29. The van der Waals surface area contributed by atoms with Crippen LogP contribution in [0.25, 0.3) is 10.9 Å². The van der Waals surface area contributed by atoms with Gasteiger partial charge in [0.05, 0.1) is 6.54 Å². The van der Waals surface area contributed by atoms with Gasteiger partial charge in [0, 0.05) is 48.0 Å². The summed E-state index contributed by atoms with van der Waals surface area (Å²) in [6.45, 7) is 0.879. The number of carbonyl (C=O) groups is 1. The Morgan fingerprint density at radius 3 is 2.92 bits per heavy atom. The molecule has 1 unspecified atom stereocenters. The second-order valence-electron chi connectivity index (χ2n) is 7.64. The smallest absolute Gasteiger partial charge is 0.254 e. The van der Waals surface area contributed by atoms with E-state index in [2.05, 4.69) is 32.7 Å². The highest BCUT2D eigenvalue weighted by Crippen LogP contribution is 2.37. The number of carbonyl (C=O) groups excluding carboxylic acids is 1. The first-order chi connectivity index (χ1) is 12.2. The van der Waals surface area contributed by atoms with Crippen LogP contribution in [0.3, 0.4) is 0 Å². The van der Waals surface area contributed by atoms with E-state index < -0.39 is 0 Å². The Morgan fingerprint density at radius 2 is 2.08 bits per heavy atom. The molecule has 1 amide bonds. The number of nitrogens with zero attached hydrogens (tertiary/aromatic N) is 3. The molecule has 128 valence electrons. The Kier molecular flexibility index (Phi) is 3.34. The monoisotopic (exact) mass is 333 g/mol. The highest BCUT2D eigenvalue weighted by atomic mass is 16.2. The molecular formula is C21H23N3O. The molecule has 4 nitrogen and oxygen atoms in total. The van der Waals surface area contributed by atoms with Crippen LogP contribution >= 0.6 is 0 Å². The minimum absolute atomic E-state index is 0.206. The average molecular weight is 333 g/mol. The van der Waals surface area contributed by atoms with Crippen molar-refractivity contribution in [2.24, 2.45) is 12.0 Å². The summed E-state index contributed by atoms with van der Waals surface area (Å²) in [5.41, 5.74) is 4.87. The molecule has 1 saturated carbocycles. The third-order valence-corrected chi connectivity index (χ3v) is 5.92. The molecule has 1 aliphatic heterocycles. The van der Waals surface area contributed by atoms with Gasteiger partial charge in [-0.2, -0.15) is 0 Å². The molecule has 4 heteroatoms. The van der Waals surface area contributed by atoms with Gasteiger partial charge in [-0.15, -0.1) is 0 Å². The fourth-order valence-electron chi connectivity index (χ4n) is 4.38. The van der Waals surface area contributed by atoms with Crippen molar-refractivity contribution in [2.45, 2.75) is 44.2 Å². The quantitative estimate of drug-likeness (QED) is 0.843. The van der Waals surface area contributed by atoms with Crippen LogP contribution in [0.4, 0.5) is 0 Å². The first kappa shape index (κ1) is 14.9. The molecular weight excluding hydrogens is 310 g/mol. The summed E-state index contributed by atoms with van der Waals surface area (Å²) in [7, 11) is 2.04. The first-order valence-electron chi connectivity index (χ1n) is 9.29. The molecule has 0 radical (unpaired) electrons. The molecule has 2 aliphatic carbocycles. The van der Waals surface area contributed by atoms with E-state index in [0.29, 0.717) is 12.1 Å². The van der Waals surface area contributed by atoms with Crippen molar-refractivity contribution < 1.29 is 4.79 Å². The number of fused-ring (bicyclic) bond motifs is 1. The summed E-state index contributed by atoms with van der Waals surface area (Å²) in [4.78, 5) is 19.9. The van der Waals surface area contributed by atoms with E-state index in [1.807, 2.05) is 25.5 Å². The van der Waals surface area contributed by atoms with E-state index in [1.54, 1.807) is 0 Å². The maximum Gasteiger partial charge on any atom is 0.254 e. The highest BCUT2D eigenvalue weighted by Gasteiger charge is 2.39. The second kappa shape index (κ2) is 5.58. The Bertz CT molecular complexity index is 916. The van der Waals surface area contributed by atoms with Crippen molar-refractivity contribution in [2.75, 3.05) is 6.54 Å². The van der Waals surface area contributed by atoms with Gasteiger partial charge >= 0.3 is 0 Å². The van der Waals surface area contributed by atoms with Crippen molar-refractivity contribution in [3.8, 4) is 0 Å². The van der Waals surface area contributed by atoms with E-state index in [-0.39, 0.29) is 5.91 Å². The summed E-state index contributed by atoms with van der Waals surface area (Å²) in [6.07, 6.45) is 9.53. The fourth-order valence-corrected chi connectivity index (χ4v) is 4.38. The van der Waals surface area contributed by atoms with Gasteiger partial charge in [0.2, 0.25) is 0 Å². The van der Waals surface area contributed by atoms with Crippen LogP contribution in [0.2, 0.25) is 0 Å². The average Bonchev–Trinajstić information content (AvgIpc) is 3.22. The van der Waals surface area contributed by atoms with Crippen molar-refractivity contribution in [3.05, 3.63) is 47.2 Å². The van der Waals surface area contributed by atoms with Crippen molar-refractivity contribution in [1.29, 1.82) is 0 Å². The molecule has 0 spiro atoms. The zero-order chi connectivity index (χ0) is 17.0. The van der Waals surface area contributed by atoms with E-state index in [0.717, 1.165) is 49.6 Å². The number of hydrogen-bond donors (Lipinski definition) is 0. The largest absolute Gasteiger partial charge is 0.351 e. The molecule has 0 N–H and O–H groups in total. The molecule has 1 fully saturated rings. The van der Waals surface area contributed by atoms with Gasteiger partial charge in [0.1, 0.15) is 0 Å². The minimum Gasteiger partial charge on any atom is -0.351 e. The SMILES string of the molecule is Cn1ccc2cc(C(=O)N(C3CC3)C3CCC4=C(C=NC4)C3)ccc21. The van der Waals surface area contributed by atoms with Gasteiger partial charge in [0.25, 0.3) is 5.91 Å². The summed E-state index contributed by atoms with van der Waals surface area (Å²) in [6, 6.07) is 8.96. The molecule has 0 saturated heterocycles. The van der Waals surface area contributed by atoms with Crippen LogP contribution in [-0.4, -0.2) is 40.2 Å². The maximum absolute atomic E-state index is 13.3. The zero-order valence-electron chi connectivity index (χ0n) is 14.6. The van der Waals surface area contributed by atoms with Crippen LogP contribution in [-0.2, 0) is 7.05 Å². The predicted molar refractivity (Wildman–Crippen MR) is 100 cm³/mol. The van der Waals surface area contributed by atoms with Crippen molar-refractivity contribution >= 4 is 23.0 Å². The highest BCUT2D eigenvalue weighted by molar-refractivity contribution is 5.98. The third kappa shape index (κ3) is 2.51. The van der Waals surface area contributed by atoms with Crippen molar-refractivity contribution in [3.63, 3.8) is 0 Å². The Balaban J connectivity index is 1.45. The lowest BCUT2D eigenvalue weighted by Crippen LogP contribution is -2.43. The van der Waals surface area contributed by atoms with Crippen LogP contribution in [0, 0.1) is 0 Å². The molecule has 1 aromatic carbocycles. The van der Waals surface area contributed by atoms with Crippen LogP contribution < -0.4 is 0 Å².